The van der Waals surface area contributed by atoms with Crippen molar-refractivity contribution in [2.24, 2.45) is 0 Å². The quantitative estimate of drug-likeness (QED) is 0.249. The Labute approximate surface area is 131 Å². The van der Waals surface area contributed by atoms with Crippen LogP contribution in [0, 0.1) is 0 Å². The van der Waals surface area contributed by atoms with Crippen LogP contribution in [0.5, 0.6) is 0 Å². The number of ether oxygens (including phenoxy) is 5. The molecule has 22 heavy (non-hydrogen) atoms. The molecule has 0 aliphatic carbocycles. The second-order valence-corrected chi connectivity index (χ2v) is 4.80. The molecule has 0 bridgehead atoms. The fourth-order valence-corrected chi connectivity index (χ4v) is 1.58. The van der Waals surface area contributed by atoms with Crippen molar-refractivity contribution in [2.75, 3.05) is 66.1 Å². The first-order valence-corrected chi connectivity index (χ1v) is 7.48. The zero-order valence-corrected chi connectivity index (χ0v) is 13.5. The van der Waals surface area contributed by atoms with Gasteiger partial charge in [0, 0.05) is 0 Å². The summed E-state index contributed by atoms with van der Waals surface area (Å²) in [5, 5.41) is 26.6. The van der Waals surface area contributed by atoms with Gasteiger partial charge in [0.2, 0.25) is 5.79 Å². The number of rotatable bonds is 16. The second kappa shape index (κ2) is 14.3. The molecule has 8 nitrogen and oxygen atoms in total. The van der Waals surface area contributed by atoms with Crippen molar-refractivity contribution in [1.29, 1.82) is 0 Å². The van der Waals surface area contributed by atoms with E-state index in [1.54, 1.807) is 0 Å². The Kier molecular flexibility index (Phi) is 14.1. The molecule has 0 heterocycles. The minimum atomic E-state index is -1.24. The zero-order valence-electron chi connectivity index (χ0n) is 13.5. The third-order valence-corrected chi connectivity index (χ3v) is 2.47. The molecule has 3 N–H and O–H groups in total. The first-order chi connectivity index (χ1) is 10.6. The lowest BCUT2D eigenvalue weighted by Gasteiger charge is -2.33. The molecule has 8 heteroatoms. The first-order valence-electron chi connectivity index (χ1n) is 7.48. The van der Waals surface area contributed by atoms with Gasteiger partial charge in [-0.1, -0.05) is 0 Å². The summed E-state index contributed by atoms with van der Waals surface area (Å²) in [6.07, 6.45) is 0.123. The maximum atomic E-state index is 8.93. The summed E-state index contributed by atoms with van der Waals surface area (Å²) in [5.74, 6) is -1.24. The first kappa shape index (κ1) is 21.7. The van der Waals surface area contributed by atoms with Crippen LogP contribution in [0.2, 0.25) is 0 Å². The highest BCUT2D eigenvalue weighted by atomic mass is 16.7. The van der Waals surface area contributed by atoms with Gasteiger partial charge in [0.25, 0.3) is 0 Å². The van der Waals surface area contributed by atoms with Crippen LogP contribution < -0.4 is 0 Å². The minimum Gasteiger partial charge on any atom is -0.394 e. The molecule has 0 spiro atoms. The average Bonchev–Trinajstić information content (AvgIpc) is 2.50. The highest BCUT2D eigenvalue weighted by Gasteiger charge is 2.33. The number of aliphatic hydroxyl groups is 3. The third-order valence-electron chi connectivity index (χ3n) is 2.47. The fourth-order valence-electron chi connectivity index (χ4n) is 1.58. The summed E-state index contributed by atoms with van der Waals surface area (Å²) in [7, 11) is 0. The summed E-state index contributed by atoms with van der Waals surface area (Å²) >= 11 is 0. The van der Waals surface area contributed by atoms with Crippen LogP contribution in [0.4, 0.5) is 0 Å². The van der Waals surface area contributed by atoms with E-state index in [2.05, 4.69) is 0 Å². The fraction of sp³-hybridized carbons (Fsp3) is 1.00. The predicted octanol–water partition coefficient (Wildman–Crippen LogP) is -0.849. The Balaban J connectivity index is 4.40. The van der Waals surface area contributed by atoms with Crippen LogP contribution in [-0.4, -0.2) is 93.3 Å². The zero-order chi connectivity index (χ0) is 16.7. The van der Waals surface area contributed by atoms with Crippen LogP contribution in [0.3, 0.4) is 0 Å². The smallest absolute Gasteiger partial charge is 0.216 e. The Morgan fingerprint density at radius 3 is 1.68 bits per heavy atom. The van der Waals surface area contributed by atoms with Crippen LogP contribution in [-0.2, 0) is 23.7 Å². The van der Waals surface area contributed by atoms with Gasteiger partial charge in [0.1, 0.15) is 13.2 Å². The van der Waals surface area contributed by atoms with E-state index in [4.69, 9.17) is 39.0 Å². The Morgan fingerprint density at radius 1 is 0.727 bits per heavy atom. The molecule has 0 radical (unpaired) electrons. The molecule has 0 aromatic heterocycles. The number of hydrogen-bond donors (Lipinski definition) is 3. The van der Waals surface area contributed by atoms with Gasteiger partial charge in [-0.05, 0) is 13.8 Å². The second-order valence-electron chi connectivity index (χ2n) is 4.80. The number of hydrogen-bond acceptors (Lipinski definition) is 8. The van der Waals surface area contributed by atoms with Crippen molar-refractivity contribution < 1.29 is 39.0 Å². The van der Waals surface area contributed by atoms with Gasteiger partial charge in [-0.2, -0.15) is 0 Å². The van der Waals surface area contributed by atoms with E-state index < -0.39 is 5.79 Å². The van der Waals surface area contributed by atoms with Crippen molar-refractivity contribution in [2.45, 2.75) is 25.7 Å². The van der Waals surface area contributed by atoms with E-state index in [-0.39, 0.29) is 59.0 Å². The van der Waals surface area contributed by atoms with Gasteiger partial charge in [-0.15, -0.1) is 0 Å². The molecule has 0 atom stereocenters. The van der Waals surface area contributed by atoms with E-state index in [1.165, 1.54) is 0 Å². The summed E-state index contributed by atoms with van der Waals surface area (Å²) in [4.78, 5) is 0. The summed E-state index contributed by atoms with van der Waals surface area (Å²) < 4.78 is 27.1. The maximum absolute atomic E-state index is 8.93. The average molecular weight is 326 g/mol. The van der Waals surface area contributed by atoms with E-state index in [9.17, 15) is 0 Å². The van der Waals surface area contributed by atoms with Crippen molar-refractivity contribution in [3.05, 3.63) is 0 Å². The lowest BCUT2D eigenvalue weighted by atomic mass is 10.3. The highest BCUT2D eigenvalue weighted by molar-refractivity contribution is 4.70. The molecule has 0 rings (SSSR count). The maximum Gasteiger partial charge on any atom is 0.216 e. The van der Waals surface area contributed by atoms with E-state index in [0.29, 0.717) is 13.2 Å². The lowest BCUT2D eigenvalue weighted by Crippen LogP contribution is -2.47. The molecule has 0 aromatic carbocycles. The highest BCUT2D eigenvalue weighted by Crippen LogP contribution is 2.15. The molecule has 0 aliphatic rings. The van der Waals surface area contributed by atoms with E-state index in [0.717, 1.165) is 0 Å². The van der Waals surface area contributed by atoms with Crippen LogP contribution in [0.15, 0.2) is 0 Å². The van der Waals surface area contributed by atoms with Crippen molar-refractivity contribution in [3.63, 3.8) is 0 Å². The summed E-state index contributed by atoms with van der Waals surface area (Å²) in [6, 6.07) is 0. The molecule has 0 amide bonds. The third kappa shape index (κ3) is 11.3. The van der Waals surface area contributed by atoms with E-state index in [1.807, 2.05) is 13.8 Å². The SMILES string of the molecule is CC(C)OCCOCC(COCCO)(OCCO)OCCO. The Bertz CT molecular complexity index is 229. The summed E-state index contributed by atoms with van der Waals surface area (Å²) in [5.41, 5.74) is 0. The van der Waals surface area contributed by atoms with Gasteiger partial charge in [0.05, 0.1) is 59.0 Å². The summed E-state index contributed by atoms with van der Waals surface area (Å²) in [6.45, 7) is 4.45. The Morgan fingerprint density at radius 2 is 1.23 bits per heavy atom. The van der Waals surface area contributed by atoms with Gasteiger partial charge in [0.15, 0.2) is 0 Å². The predicted molar refractivity (Wildman–Crippen MR) is 78.6 cm³/mol. The van der Waals surface area contributed by atoms with Crippen molar-refractivity contribution in [1.82, 2.24) is 0 Å². The topological polar surface area (TPSA) is 107 Å². The molecule has 134 valence electrons. The molecular formula is C14H30O8. The standard InChI is InChI=1S/C14H30O8/c1-13(2)20-10-9-19-12-14(21-7-4-16,22-8-5-17)11-18-6-3-15/h13,15-17H,3-12H2,1-2H3. The number of aliphatic hydroxyl groups excluding tert-OH is 3. The molecule has 0 unspecified atom stereocenters. The molecular weight excluding hydrogens is 296 g/mol. The van der Waals surface area contributed by atoms with Gasteiger partial charge >= 0.3 is 0 Å². The molecule has 0 aliphatic heterocycles. The van der Waals surface area contributed by atoms with Crippen LogP contribution in [0.25, 0.3) is 0 Å². The Hall–Kier alpha value is -0.320. The van der Waals surface area contributed by atoms with Crippen molar-refractivity contribution in [3.8, 4) is 0 Å². The normalized spacial score (nSPS) is 12.3. The lowest BCUT2D eigenvalue weighted by molar-refractivity contribution is -0.287. The monoisotopic (exact) mass is 326 g/mol. The minimum absolute atomic E-state index is 0.0125. The van der Waals surface area contributed by atoms with Crippen LogP contribution in [0.1, 0.15) is 13.8 Å². The van der Waals surface area contributed by atoms with Crippen LogP contribution >= 0.6 is 0 Å². The van der Waals surface area contributed by atoms with Crippen molar-refractivity contribution >= 4 is 0 Å². The van der Waals surface area contributed by atoms with Gasteiger partial charge in [-0.3, -0.25) is 0 Å². The van der Waals surface area contributed by atoms with Gasteiger partial charge in [-0.25, -0.2) is 0 Å². The molecule has 0 aromatic rings. The molecule has 0 fully saturated rings. The van der Waals surface area contributed by atoms with Gasteiger partial charge < -0.3 is 39.0 Å². The molecule has 0 saturated heterocycles. The molecule has 0 saturated carbocycles. The largest absolute Gasteiger partial charge is 0.394 e. The van der Waals surface area contributed by atoms with E-state index >= 15 is 0 Å².